The summed E-state index contributed by atoms with van der Waals surface area (Å²) in [4.78, 5) is 16.6. The van der Waals surface area contributed by atoms with Crippen LogP contribution in [-0.4, -0.2) is 17.4 Å². The Morgan fingerprint density at radius 3 is 2.86 bits per heavy atom. The summed E-state index contributed by atoms with van der Waals surface area (Å²) in [7, 11) is 0. The van der Waals surface area contributed by atoms with Crippen LogP contribution in [-0.2, 0) is 11.2 Å². The zero-order chi connectivity index (χ0) is 20.2. The number of aromatic nitrogens is 1. The molecule has 3 aliphatic carbocycles. The van der Waals surface area contributed by atoms with Gasteiger partial charge in [-0.15, -0.1) is 0 Å². The summed E-state index contributed by atoms with van der Waals surface area (Å²) >= 11 is 0. The van der Waals surface area contributed by atoms with Gasteiger partial charge in [-0.1, -0.05) is 26.8 Å². The third-order valence-corrected chi connectivity index (χ3v) is 9.66. The highest BCUT2D eigenvalue weighted by molar-refractivity contribution is 5.76. The second-order valence-electron chi connectivity index (χ2n) is 10.7. The topological polar surface area (TPSA) is 42.0 Å². The third-order valence-electron chi connectivity index (χ3n) is 9.66. The smallest absolute Gasteiger partial charge is 0.220 e. The SMILES string of the molecule is CCc1ccncc1C1=CC[C@H]2[C@@H]3CC[C@H]4CNC(=O)CC[C@]4(C)[C@H]3CC[C@]12C. The lowest BCUT2D eigenvalue weighted by Gasteiger charge is -2.58. The molecule has 0 unspecified atom stereocenters. The number of hydrogen-bond acceptors (Lipinski definition) is 2. The van der Waals surface area contributed by atoms with Crippen molar-refractivity contribution >= 4 is 11.5 Å². The van der Waals surface area contributed by atoms with Gasteiger partial charge >= 0.3 is 0 Å². The molecule has 2 saturated carbocycles. The Hall–Kier alpha value is -1.64. The Kier molecular flexibility index (Phi) is 4.64. The molecule has 1 aromatic rings. The fourth-order valence-electron chi connectivity index (χ4n) is 7.93. The Morgan fingerprint density at radius 1 is 1.17 bits per heavy atom. The Balaban J connectivity index is 1.46. The Bertz CT molecular complexity index is 845. The number of nitrogens with zero attached hydrogens (tertiary/aromatic N) is 1. The van der Waals surface area contributed by atoms with Gasteiger partial charge in [-0.05, 0) is 102 Å². The van der Waals surface area contributed by atoms with Crippen LogP contribution in [0.15, 0.2) is 24.5 Å². The van der Waals surface area contributed by atoms with Crippen molar-refractivity contribution < 1.29 is 4.79 Å². The van der Waals surface area contributed by atoms with Crippen LogP contribution in [0.3, 0.4) is 0 Å². The lowest BCUT2D eigenvalue weighted by atomic mass is 9.46. The summed E-state index contributed by atoms with van der Waals surface area (Å²) in [6.45, 7) is 8.23. The number of hydrogen-bond donors (Lipinski definition) is 1. The lowest BCUT2D eigenvalue weighted by Crippen LogP contribution is -2.52. The van der Waals surface area contributed by atoms with Gasteiger partial charge in [0.1, 0.15) is 0 Å². The van der Waals surface area contributed by atoms with Gasteiger partial charge in [0, 0.05) is 25.4 Å². The minimum atomic E-state index is 0.270. The van der Waals surface area contributed by atoms with Gasteiger partial charge in [0.15, 0.2) is 0 Å². The minimum absolute atomic E-state index is 0.270. The summed E-state index contributed by atoms with van der Waals surface area (Å²) in [5.74, 6) is 3.27. The van der Waals surface area contributed by atoms with E-state index < -0.39 is 0 Å². The molecule has 156 valence electrons. The number of nitrogens with one attached hydrogen (secondary N) is 1. The fraction of sp³-hybridized carbons (Fsp3) is 0.692. The predicted octanol–water partition coefficient (Wildman–Crippen LogP) is 5.41. The number of allylic oxidation sites excluding steroid dienone is 2. The van der Waals surface area contributed by atoms with Crippen LogP contribution in [0.1, 0.15) is 76.8 Å². The molecule has 0 radical (unpaired) electrons. The monoisotopic (exact) mass is 392 g/mol. The second kappa shape index (κ2) is 6.96. The van der Waals surface area contributed by atoms with E-state index in [1.165, 1.54) is 43.2 Å². The maximum atomic E-state index is 12.1. The zero-order valence-corrected chi connectivity index (χ0v) is 18.3. The quantitative estimate of drug-likeness (QED) is 0.731. The number of carbonyl (C=O) groups excluding carboxylic acids is 1. The maximum absolute atomic E-state index is 12.1. The maximum Gasteiger partial charge on any atom is 0.220 e. The Labute approximate surface area is 175 Å². The first kappa shape index (κ1) is 19.3. The van der Waals surface area contributed by atoms with Gasteiger partial charge in [-0.3, -0.25) is 9.78 Å². The summed E-state index contributed by atoms with van der Waals surface area (Å²) in [5, 5.41) is 3.20. The normalized spacial score (nSPS) is 41.5. The first-order valence-corrected chi connectivity index (χ1v) is 11.9. The van der Waals surface area contributed by atoms with Crippen LogP contribution in [0.2, 0.25) is 0 Å². The van der Waals surface area contributed by atoms with Crippen molar-refractivity contribution in [2.24, 2.45) is 34.5 Å². The van der Waals surface area contributed by atoms with Gasteiger partial charge in [-0.25, -0.2) is 0 Å². The number of fused-ring (bicyclic) bond motifs is 5. The molecular formula is C26H36N2O. The molecule has 1 aliphatic heterocycles. The second-order valence-corrected chi connectivity index (χ2v) is 10.7. The van der Waals surface area contributed by atoms with E-state index in [1.54, 1.807) is 5.57 Å². The van der Waals surface area contributed by atoms with E-state index in [-0.39, 0.29) is 11.3 Å². The van der Waals surface area contributed by atoms with Crippen molar-refractivity contribution in [3.05, 3.63) is 35.7 Å². The van der Waals surface area contributed by atoms with Gasteiger partial charge in [0.25, 0.3) is 0 Å². The van der Waals surface area contributed by atoms with E-state index in [1.807, 2.05) is 6.20 Å². The molecule has 29 heavy (non-hydrogen) atoms. The molecule has 0 aromatic carbocycles. The molecule has 3 fully saturated rings. The molecule has 1 amide bonds. The molecule has 3 nitrogen and oxygen atoms in total. The van der Waals surface area contributed by atoms with Crippen molar-refractivity contribution in [2.75, 3.05) is 6.54 Å². The lowest BCUT2D eigenvalue weighted by molar-refractivity contribution is -0.121. The number of amides is 1. The van der Waals surface area contributed by atoms with Crippen molar-refractivity contribution in [3.63, 3.8) is 0 Å². The molecule has 0 bridgehead atoms. The number of rotatable bonds is 2. The van der Waals surface area contributed by atoms with Gasteiger partial charge in [0.05, 0.1) is 0 Å². The molecule has 5 rings (SSSR count). The predicted molar refractivity (Wildman–Crippen MR) is 117 cm³/mol. The summed E-state index contributed by atoms with van der Waals surface area (Å²) < 4.78 is 0. The molecule has 0 spiro atoms. The van der Waals surface area contributed by atoms with E-state index >= 15 is 0 Å². The first-order chi connectivity index (χ1) is 14.0. The molecule has 4 aliphatic rings. The minimum Gasteiger partial charge on any atom is -0.356 e. The fourth-order valence-corrected chi connectivity index (χ4v) is 7.93. The summed E-state index contributed by atoms with van der Waals surface area (Å²) in [5.41, 5.74) is 5.04. The highest BCUT2D eigenvalue weighted by Crippen LogP contribution is 2.66. The highest BCUT2D eigenvalue weighted by Gasteiger charge is 2.58. The first-order valence-electron chi connectivity index (χ1n) is 11.9. The van der Waals surface area contributed by atoms with Crippen LogP contribution in [0.25, 0.3) is 5.57 Å². The van der Waals surface area contributed by atoms with Crippen LogP contribution in [0, 0.1) is 34.5 Å². The van der Waals surface area contributed by atoms with Gasteiger partial charge in [-0.2, -0.15) is 0 Å². The zero-order valence-electron chi connectivity index (χ0n) is 18.3. The van der Waals surface area contributed by atoms with E-state index in [4.69, 9.17) is 0 Å². The van der Waals surface area contributed by atoms with Crippen molar-refractivity contribution in [1.29, 1.82) is 0 Å². The molecule has 1 aromatic heterocycles. The van der Waals surface area contributed by atoms with Crippen LogP contribution in [0.4, 0.5) is 0 Å². The largest absolute Gasteiger partial charge is 0.356 e. The Morgan fingerprint density at radius 2 is 2.03 bits per heavy atom. The van der Waals surface area contributed by atoms with Crippen LogP contribution >= 0.6 is 0 Å². The highest BCUT2D eigenvalue weighted by atomic mass is 16.1. The molecule has 6 atom stereocenters. The van der Waals surface area contributed by atoms with E-state index in [0.29, 0.717) is 11.3 Å². The van der Waals surface area contributed by atoms with E-state index in [2.05, 4.69) is 49.4 Å². The number of aryl methyl sites for hydroxylation is 1. The van der Waals surface area contributed by atoms with E-state index in [9.17, 15) is 4.79 Å². The molecule has 3 heteroatoms. The molecule has 2 heterocycles. The van der Waals surface area contributed by atoms with E-state index in [0.717, 1.165) is 43.6 Å². The number of pyridine rings is 1. The molecule has 1 saturated heterocycles. The van der Waals surface area contributed by atoms with Crippen molar-refractivity contribution in [2.45, 2.75) is 72.1 Å². The average Bonchev–Trinajstić information content (AvgIpc) is 3.00. The molecule has 1 N–H and O–H groups in total. The van der Waals surface area contributed by atoms with Gasteiger partial charge < -0.3 is 5.32 Å². The summed E-state index contributed by atoms with van der Waals surface area (Å²) in [6, 6.07) is 2.21. The standard InChI is InChI=1S/C26H36N2O/c1-4-17-11-14-27-16-20(17)22-8-7-21-19-6-5-18-15-28-24(29)10-13-25(18,2)23(19)9-12-26(21,22)3/h8,11,14,16,18-19,21,23H,4-7,9-10,12-13,15H2,1-3H3,(H,28,29)/t18-,19-,21-,23-,25-,26-/m0/s1. The van der Waals surface area contributed by atoms with Gasteiger partial charge in [0.2, 0.25) is 5.91 Å². The average molecular weight is 393 g/mol. The number of carbonyl (C=O) groups is 1. The van der Waals surface area contributed by atoms with Crippen LogP contribution < -0.4 is 5.32 Å². The van der Waals surface area contributed by atoms with Crippen molar-refractivity contribution in [1.82, 2.24) is 10.3 Å². The summed E-state index contributed by atoms with van der Waals surface area (Å²) in [6.07, 6.45) is 16.0. The molecular weight excluding hydrogens is 356 g/mol. The van der Waals surface area contributed by atoms with Crippen molar-refractivity contribution in [3.8, 4) is 0 Å². The van der Waals surface area contributed by atoms with Crippen LogP contribution in [0.5, 0.6) is 0 Å². The third kappa shape index (κ3) is 2.83.